The standard InChI is InChI=1S/C22H27F2N3O/c23-19-5-1-4-17(21(19)28-14-16-3-2-9-27-22(16)24)18-13-20(18)26-12-8-15-6-10-25-11-7-15/h1-5,9,15,18,20,25-26H,6-8,10-14H2/t18-,20+/m0/s1. The van der Waals surface area contributed by atoms with Crippen LogP contribution in [0, 0.1) is 17.7 Å². The van der Waals surface area contributed by atoms with Crippen LogP contribution >= 0.6 is 0 Å². The number of hydrogen-bond donors (Lipinski definition) is 2. The highest BCUT2D eigenvalue weighted by Gasteiger charge is 2.40. The molecule has 1 saturated heterocycles. The Labute approximate surface area is 164 Å². The van der Waals surface area contributed by atoms with E-state index in [2.05, 4.69) is 15.6 Å². The zero-order valence-corrected chi connectivity index (χ0v) is 16.0. The number of halogens is 2. The SMILES string of the molecule is Fc1cccc([C@@H]2C[C@H]2NCCC2CCNCC2)c1OCc1cccnc1F. The third-order valence-corrected chi connectivity index (χ3v) is 5.81. The minimum Gasteiger partial charge on any atom is -0.485 e. The molecule has 0 unspecified atom stereocenters. The lowest BCUT2D eigenvalue weighted by Crippen LogP contribution is -2.30. The van der Waals surface area contributed by atoms with E-state index in [4.69, 9.17) is 4.74 Å². The minimum atomic E-state index is -0.579. The van der Waals surface area contributed by atoms with Gasteiger partial charge >= 0.3 is 0 Å². The summed E-state index contributed by atoms with van der Waals surface area (Å²) in [6.45, 7) is 3.21. The molecule has 2 atom stereocenters. The Bertz CT molecular complexity index is 795. The third kappa shape index (κ3) is 4.67. The van der Waals surface area contributed by atoms with Crippen LogP contribution in [0.2, 0.25) is 0 Å². The normalized spacial score (nSPS) is 22.2. The molecule has 2 aromatic rings. The molecule has 4 nitrogen and oxygen atoms in total. The fraction of sp³-hybridized carbons (Fsp3) is 0.500. The smallest absolute Gasteiger partial charge is 0.219 e. The van der Waals surface area contributed by atoms with Gasteiger partial charge in [-0.25, -0.2) is 9.37 Å². The van der Waals surface area contributed by atoms with E-state index < -0.39 is 11.8 Å². The average Bonchev–Trinajstić information content (AvgIpc) is 3.48. The molecule has 0 spiro atoms. The van der Waals surface area contributed by atoms with Gasteiger partial charge in [-0.2, -0.15) is 4.39 Å². The topological polar surface area (TPSA) is 46.2 Å². The first-order valence-corrected chi connectivity index (χ1v) is 10.2. The molecule has 1 aliphatic heterocycles. The Morgan fingerprint density at radius 3 is 2.82 bits per heavy atom. The fourth-order valence-electron chi connectivity index (χ4n) is 4.05. The molecule has 1 aromatic carbocycles. The molecule has 2 heterocycles. The number of ether oxygens (including phenoxy) is 1. The molecule has 4 rings (SSSR count). The van der Waals surface area contributed by atoms with Crippen LogP contribution < -0.4 is 15.4 Å². The van der Waals surface area contributed by atoms with Crippen molar-refractivity contribution in [1.82, 2.24) is 15.6 Å². The molecule has 2 fully saturated rings. The molecule has 0 radical (unpaired) electrons. The van der Waals surface area contributed by atoms with Crippen molar-refractivity contribution in [2.24, 2.45) is 5.92 Å². The number of nitrogens with one attached hydrogen (secondary N) is 2. The quantitative estimate of drug-likeness (QED) is 0.677. The number of nitrogens with zero attached hydrogens (tertiary/aromatic N) is 1. The van der Waals surface area contributed by atoms with Crippen molar-refractivity contribution in [3.05, 3.63) is 59.4 Å². The summed E-state index contributed by atoms with van der Waals surface area (Å²) >= 11 is 0. The number of para-hydroxylation sites is 1. The Morgan fingerprint density at radius 1 is 1.14 bits per heavy atom. The average molecular weight is 387 g/mol. The second-order valence-corrected chi connectivity index (χ2v) is 7.79. The summed E-state index contributed by atoms with van der Waals surface area (Å²) in [4.78, 5) is 3.61. The first-order chi connectivity index (χ1) is 13.7. The summed E-state index contributed by atoms with van der Waals surface area (Å²) in [5.74, 6) is 0.302. The fourth-order valence-corrected chi connectivity index (χ4v) is 4.05. The van der Waals surface area contributed by atoms with Crippen LogP contribution in [-0.4, -0.2) is 30.7 Å². The van der Waals surface area contributed by atoms with Crippen molar-refractivity contribution >= 4 is 0 Å². The van der Waals surface area contributed by atoms with Gasteiger partial charge in [-0.05, 0) is 69.4 Å². The van der Waals surface area contributed by atoms with Crippen LogP contribution in [0.1, 0.15) is 42.7 Å². The highest BCUT2D eigenvalue weighted by molar-refractivity contribution is 5.42. The number of benzene rings is 1. The summed E-state index contributed by atoms with van der Waals surface area (Å²) in [7, 11) is 0. The van der Waals surface area contributed by atoms with Gasteiger partial charge < -0.3 is 15.4 Å². The summed E-state index contributed by atoms with van der Waals surface area (Å²) in [5.41, 5.74) is 1.19. The molecular weight excluding hydrogens is 360 g/mol. The number of hydrogen-bond acceptors (Lipinski definition) is 4. The van der Waals surface area contributed by atoms with Gasteiger partial charge in [0.25, 0.3) is 0 Å². The van der Waals surface area contributed by atoms with Crippen LogP contribution in [0.5, 0.6) is 5.75 Å². The molecule has 1 aliphatic carbocycles. The van der Waals surface area contributed by atoms with Gasteiger partial charge in [0.1, 0.15) is 6.61 Å². The van der Waals surface area contributed by atoms with Crippen molar-refractivity contribution < 1.29 is 13.5 Å². The van der Waals surface area contributed by atoms with Crippen LogP contribution in [0.3, 0.4) is 0 Å². The molecule has 6 heteroatoms. The van der Waals surface area contributed by atoms with Gasteiger partial charge in [-0.3, -0.25) is 0 Å². The van der Waals surface area contributed by atoms with E-state index in [1.807, 2.05) is 6.07 Å². The Hall–Kier alpha value is -2.05. The summed E-state index contributed by atoms with van der Waals surface area (Å²) in [5, 5.41) is 7.01. The van der Waals surface area contributed by atoms with E-state index in [1.165, 1.54) is 31.5 Å². The summed E-state index contributed by atoms with van der Waals surface area (Å²) < 4.78 is 33.8. The molecule has 0 bridgehead atoms. The Morgan fingerprint density at radius 2 is 2.00 bits per heavy atom. The van der Waals surface area contributed by atoms with Crippen molar-refractivity contribution in [3.8, 4) is 5.75 Å². The van der Waals surface area contributed by atoms with Gasteiger partial charge in [-0.15, -0.1) is 0 Å². The summed E-state index contributed by atoms with van der Waals surface area (Å²) in [6.07, 6.45) is 6.06. The highest BCUT2D eigenvalue weighted by Crippen LogP contribution is 2.45. The van der Waals surface area contributed by atoms with Crippen molar-refractivity contribution in [1.29, 1.82) is 0 Å². The van der Waals surface area contributed by atoms with E-state index in [1.54, 1.807) is 18.2 Å². The van der Waals surface area contributed by atoms with Crippen LogP contribution in [-0.2, 0) is 6.61 Å². The first-order valence-electron chi connectivity index (χ1n) is 10.2. The van der Waals surface area contributed by atoms with Crippen LogP contribution in [0.15, 0.2) is 36.5 Å². The maximum atomic E-state index is 14.4. The molecule has 1 aromatic heterocycles. The molecule has 1 saturated carbocycles. The molecule has 28 heavy (non-hydrogen) atoms. The van der Waals surface area contributed by atoms with Crippen molar-refractivity contribution in [2.45, 2.75) is 44.2 Å². The van der Waals surface area contributed by atoms with Gasteiger partial charge in [0.05, 0.1) is 0 Å². The van der Waals surface area contributed by atoms with Gasteiger partial charge in [-0.1, -0.05) is 12.1 Å². The van der Waals surface area contributed by atoms with E-state index in [-0.39, 0.29) is 18.3 Å². The molecule has 150 valence electrons. The predicted octanol–water partition coefficient (Wildman–Crippen LogP) is 3.77. The lowest BCUT2D eigenvalue weighted by Gasteiger charge is -2.22. The number of piperidine rings is 1. The van der Waals surface area contributed by atoms with E-state index in [9.17, 15) is 8.78 Å². The minimum absolute atomic E-state index is 0.0336. The van der Waals surface area contributed by atoms with Crippen LogP contribution in [0.25, 0.3) is 0 Å². The molecule has 2 aliphatic rings. The Balaban J connectivity index is 1.33. The van der Waals surface area contributed by atoms with E-state index >= 15 is 0 Å². The Kier molecular flexibility index (Phi) is 6.17. The largest absolute Gasteiger partial charge is 0.485 e. The van der Waals surface area contributed by atoms with Crippen LogP contribution in [0.4, 0.5) is 8.78 Å². The monoisotopic (exact) mass is 387 g/mol. The second-order valence-electron chi connectivity index (χ2n) is 7.79. The number of pyridine rings is 1. The highest BCUT2D eigenvalue weighted by atomic mass is 19.1. The molecular formula is C22H27F2N3O. The van der Waals surface area contributed by atoms with Gasteiger partial charge in [0.15, 0.2) is 11.6 Å². The molecule has 0 amide bonds. The van der Waals surface area contributed by atoms with E-state index in [0.29, 0.717) is 11.6 Å². The lowest BCUT2D eigenvalue weighted by molar-refractivity contribution is 0.279. The number of rotatable bonds is 8. The maximum absolute atomic E-state index is 14.4. The van der Waals surface area contributed by atoms with Gasteiger partial charge in [0.2, 0.25) is 5.95 Å². The first kappa shape index (κ1) is 19.3. The number of aromatic nitrogens is 1. The zero-order valence-electron chi connectivity index (χ0n) is 16.0. The second kappa shape index (κ2) is 8.97. The predicted molar refractivity (Wildman–Crippen MR) is 104 cm³/mol. The van der Waals surface area contributed by atoms with Gasteiger partial charge in [0, 0.05) is 29.3 Å². The zero-order chi connectivity index (χ0) is 19.3. The summed E-state index contributed by atoms with van der Waals surface area (Å²) in [6, 6.07) is 8.63. The third-order valence-electron chi connectivity index (χ3n) is 5.81. The lowest BCUT2D eigenvalue weighted by atomic mass is 9.95. The van der Waals surface area contributed by atoms with Crippen molar-refractivity contribution in [2.75, 3.05) is 19.6 Å². The maximum Gasteiger partial charge on any atom is 0.219 e. The molecule has 2 N–H and O–H groups in total. The van der Waals surface area contributed by atoms with Crippen molar-refractivity contribution in [3.63, 3.8) is 0 Å². The van der Waals surface area contributed by atoms with E-state index in [0.717, 1.165) is 37.5 Å².